The fourth-order valence-corrected chi connectivity index (χ4v) is 5.34. The predicted molar refractivity (Wildman–Crippen MR) is 115 cm³/mol. The van der Waals surface area contributed by atoms with Crippen LogP contribution in [0.2, 0.25) is 0 Å². The van der Waals surface area contributed by atoms with Crippen molar-refractivity contribution in [2.75, 3.05) is 26.2 Å². The van der Waals surface area contributed by atoms with Crippen molar-refractivity contribution in [1.82, 2.24) is 20.2 Å². The van der Waals surface area contributed by atoms with Gasteiger partial charge in [0.25, 0.3) is 0 Å². The summed E-state index contributed by atoms with van der Waals surface area (Å²) in [5, 5.41) is 13.1. The Balaban J connectivity index is 1.43. The molecule has 0 amide bonds. The molecule has 156 valence electrons. The first-order valence-electron chi connectivity index (χ1n) is 11.3. The summed E-state index contributed by atoms with van der Waals surface area (Å²) in [6.07, 6.45) is 3.67. The SMILES string of the molecule is Cc1ccc([C@@H](c2nnnn2CCc2ccccc2)[NH+]2CC[NH+]3CCC[C@@H]3C2)cc1. The monoisotopic (exact) mass is 404 g/mol. The highest BCUT2D eigenvalue weighted by Crippen LogP contribution is 2.19. The molecule has 0 spiro atoms. The molecule has 1 aromatic heterocycles. The third-order valence-corrected chi connectivity index (χ3v) is 7.00. The van der Waals surface area contributed by atoms with E-state index >= 15 is 0 Å². The van der Waals surface area contributed by atoms with Crippen molar-refractivity contribution in [3.8, 4) is 0 Å². The number of quaternary nitrogens is 2. The fourth-order valence-electron chi connectivity index (χ4n) is 5.34. The van der Waals surface area contributed by atoms with Gasteiger partial charge in [0, 0.05) is 24.9 Å². The van der Waals surface area contributed by atoms with E-state index in [2.05, 4.69) is 77.0 Å². The number of fused-ring (bicyclic) bond motifs is 1. The van der Waals surface area contributed by atoms with Crippen LogP contribution in [-0.4, -0.2) is 52.4 Å². The maximum Gasteiger partial charge on any atom is 0.214 e. The summed E-state index contributed by atoms with van der Waals surface area (Å²) < 4.78 is 2.04. The second-order valence-electron chi connectivity index (χ2n) is 8.95. The van der Waals surface area contributed by atoms with E-state index in [0.29, 0.717) is 0 Å². The van der Waals surface area contributed by atoms with Crippen LogP contribution in [0.5, 0.6) is 0 Å². The molecule has 4 atom stereocenters. The zero-order valence-electron chi connectivity index (χ0n) is 17.8. The van der Waals surface area contributed by atoms with E-state index < -0.39 is 0 Å². The molecule has 2 aromatic carbocycles. The third-order valence-electron chi connectivity index (χ3n) is 7.00. The summed E-state index contributed by atoms with van der Waals surface area (Å²) in [4.78, 5) is 3.43. The van der Waals surface area contributed by atoms with Crippen molar-refractivity contribution in [3.63, 3.8) is 0 Å². The molecule has 2 unspecified atom stereocenters. The van der Waals surface area contributed by atoms with Crippen molar-refractivity contribution in [3.05, 3.63) is 77.1 Å². The van der Waals surface area contributed by atoms with E-state index in [9.17, 15) is 0 Å². The molecule has 2 fully saturated rings. The minimum Gasteiger partial charge on any atom is -0.323 e. The first kappa shape index (κ1) is 19.4. The molecule has 2 saturated heterocycles. The van der Waals surface area contributed by atoms with E-state index in [1.165, 1.54) is 55.7 Å². The van der Waals surface area contributed by atoms with E-state index in [1.807, 2.05) is 9.58 Å². The predicted octanol–water partition coefficient (Wildman–Crippen LogP) is 0.259. The van der Waals surface area contributed by atoms with Crippen LogP contribution in [0.25, 0.3) is 0 Å². The number of nitrogens with zero attached hydrogens (tertiary/aromatic N) is 4. The van der Waals surface area contributed by atoms with Crippen molar-refractivity contribution >= 4 is 0 Å². The molecule has 0 saturated carbocycles. The molecule has 6 nitrogen and oxygen atoms in total. The lowest BCUT2D eigenvalue weighted by Crippen LogP contribution is -3.29. The van der Waals surface area contributed by atoms with Gasteiger partial charge in [0.1, 0.15) is 25.7 Å². The second-order valence-corrected chi connectivity index (χ2v) is 8.95. The lowest BCUT2D eigenvalue weighted by molar-refractivity contribution is -1.03. The van der Waals surface area contributed by atoms with Crippen LogP contribution in [0.1, 0.15) is 41.4 Å². The molecule has 30 heavy (non-hydrogen) atoms. The van der Waals surface area contributed by atoms with Crippen molar-refractivity contribution in [1.29, 1.82) is 0 Å². The number of nitrogens with one attached hydrogen (secondary N) is 2. The standard InChI is InChI=1S/C24H30N6/c1-19-9-11-21(12-10-19)23(29-17-16-28-14-5-8-22(28)18-29)24-25-26-27-30(24)15-13-20-6-3-2-4-7-20/h2-4,6-7,9-12,22-23H,5,8,13-18H2,1H3/p+2/t22-,23+/m1/s1. The number of hydrogen-bond acceptors (Lipinski definition) is 3. The second kappa shape index (κ2) is 8.66. The van der Waals surface area contributed by atoms with Crippen molar-refractivity contribution in [2.24, 2.45) is 0 Å². The van der Waals surface area contributed by atoms with Gasteiger partial charge in [-0.2, -0.15) is 0 Å². The first-order chi connectivity index (χ1) is 14.8. The molecule has 2 aliphatic rings. The largest absolute Gasteiger partial charge is 0.323 e. The highest BCUT2D eigenvalue weighted by Gasteiger charge is 2.42. The molecular weight excluding hydrogens is 372 g/mol. The quantitative estimate of drug-likeness (QED) is 0.620. The summed E-state index contributed by atoms with van der Waals surface area (Å²) in [5.41, 5.74) is 3.94. The molecule has 0 bridgehead atoms. The minimum absolute atomic E-state index is 0.193. The average Bonchev–Trinajstić information content (AvgIpc) is 3.44. The van der Waals surface area contributed by atoms with E-state index in [0.717, 1.165) is 24.8 Å². The van der Waals surface area contributed by atoms with Gasteiger partial charge in [0.2, 0.25) is 5.82 Å². The van der Waals surface area contributed by atoms with E-state index in [4.69, 9.17) is 0 Å². The Morgan fingerprint density at radius 3 is 2.70 bits per heavy atom. The Morgan fingerprint density at radius 2 is 1.87 bits per heavy atom. The number of hydrogen-bond donors (Lipinski definition) is 2. The van der Waals surface area contributed by atoms with Gasteiger partial charge in [-0.1, -0.05) is 60.2 Å². The summed E-state index contributed by atoms with van der Waals surface area (Å²) in [6, 6.07) is 20.6. The van der Waals surface area contributed by atoms with Crippen LogP contribution in [0.3, 0.4) is 0 Å². The summed E-state index contributed by atoms with van der Waals surface area (Å²) >= 11 is 0. The smallest absolute Gasteiger partial charge is 0.214 e. The van der Waals surface area contributed by atoms with Gasteiger partial charge in [-0.15, -0.1) is 5.10 Å². The Bertz CT molecular complexity index is 951. The van der Waals surface area contributed by atoms with Crippen LogP contribution in [0.15, 0.2) is 54.6 Å². The highest BCUT2D eigenvalue weighted by molar-refractivity contribution is 5.26. The number of aromatic nitrogens is 4. The first-order valence-corrected chi connectivity index (χ1v) is 11.3. The van der Waals surface area contributed by atoms with Gasteiger partial charge in [-0.25, -0.2) is 4.68 Å². The third kappa shape index (κ3) is 4.02. The zero-order chi connectivity index (χ0) is 20.3. The summed E-state index contributed by atoms with van der Waals surface area (Å²) in [7, 11) is 0. The molecule has 6 heteroatoms. The van der Waals surface area contributed by atoms with Gasteiger partial charge < -0.3 is 9.80 Å². The molecule has 2 N–H and O–H groups in total. The Labute approximate surface area is 178 Å². The molecule has 0 aliphatic carbocycles. The normalized spacial score (nSPS) is 24.5. The van der Waals surface area contributed by atoms with Crippen LogP contribution >= 0.6 is 0 Å². The maximum absolute atomic E-state index is 4.56. The van der Waals surface area contributed by atoms with Gasteiger partial charge in [0.15, 0.2) is 6.04 Å². The Kier molecular flexibility index (Phi) is 5.60. The Hall–Kier alpha value is -2.57. The summed E-state index contributed by atoms with van der Waals surface area (Å²) in [5.74, 6) is 1.01. The number of benzene rings is 2. The van der Waals surface area contributed by atoms with Crippen LogP contribution in [0.4, 0.5) is 0 Å². The highest BCUT2D eigenvalue weighted by atomic mass is 15.6. The summed E-state index contributed by atoms with van der Waals surface area (Å²) in [6.45, 7) is 7.95. The van der Waals surface area contributed by atoms with Gasteiger partial charge in [-0.3, -0.25) is 0 Å². The lowest BCUT2D eigenvalue weighted by Gasteiger charge is -2.36. The van der Waals surface area contributed by atoms with Gasteiger partial charge in [0.05, 0.1) is 6.54 Å². The Morgan fingerprint density at radius 1 is 1.03 bits per heavy atom. The zero-order valence-corrected chi connectivity index (χ0v) is 17.8. The van der Waals surface area contributed by atoms with E-state index in [-0.39, 0.29) is 6.04 Å². The van der Waals surface area contributed by atoms with Crippen molar-refractivity contribution < 1.29 is 9.80 Å². The number of rotatable bonds is 6. The molecule has 2 aliphatic heterocycles. The topological polar surface area (TPSA) is 52.5 Å². The van der Waals surface area contributed by atoms with Gasteiger partial charge >= 0.3 is 0 Å². The van der Waals surface area contributed by atoms with Crippen LogP contribution in [0, 0.1) is 6.92 Å². The van der Waals surface area contributed by atoms with Crippen molar-refractivity contribution in [2.45, 2.75) is 44.8 Å². The molecule has 3 heterocycles. The fraction of sp³-hybridized carbons (Fsp3) is 0.458. The van der Waals surface area contributed by atoms with Gasteiger partial charge in [-0.05, 0) is 29.3 Å². The average molecular weight is 405 g/mol. The molecular formula is C24H32N6+2. The number of tetrazole rings is 1. The van der Waals surface area contributed by atoms with Crippen LogP contribution in [-0.2, 0) is 13.0 Å². The molecule has 0 radical (unpaired) electrons. The maximum atomic E-state index is 4.56. The molecule has 3 aromatic rings. The molecule has 5 rings (SSSR count). The number of piperazine rings is 1. The number of aryl methyl sites for hydroxylation is 3. The van der Waals surface area contributed by atoms with Crippen LogP contribution < -0.4 is 9.80 Å². The van der Waals surface area contributed by atoms with E-state index in [1.54, 1.807) is 4.90 Å². The lowest BCUT2D eigenvalue weighted by atomic mass is 10.0. The minimum atomic E-state index is 0.193.